The number of nitrogens with one attached hydrogen (secondary N) is 2. The van der Waals surface area contributed by atoms with E-state index in [1.54, 1.807) is 6.07 Å². The van der Waals surface area contributed by atoms with E-state index in [-0.39, 0.29) is 5.56 Å². The third kappa shape index (κ3) is 1.38. The molecule has 12 heavy (non-hydrogen) atoms. The Labute approximate surface area is 70.0 Å². The number of hydrogen-bond acceptors (Lipinski definition) is 3. The summed E-state index contributed by atoms with van der Waals surface area (Å²) in [4.78, 5) is 10.7. The van der Waals surface area contributed by atoms with Crippen LogP contribution >= 0.6 is 0 Å². The molecule has 2 heterocycles. The molecule has 0 radical (unpaired) electrons. The van der Waals surface area contributed by atoms with Crippen LogP contribution in [0.1, 0.15) is 24.6 Å². The van der Waals surface area contributed by atoms with Crippen molar-refractivity contribution in [2.24, 2.45) is 0 Å². The lowest BCUT2D eigenvalue weighted by molar-refractivity contribution is 0.614. The second kappa shape index (κ2) is 3.06. The van der Waals surface area contributed by atoms with Crippen molar-refractivity contribution in [3.05, 3.63) is 28.2 Å². The summed E-state index contributed by atoms with van der Waals surface area (Å²) in [6.45, 7) is 1.05. The third-order valence-corrected chi connectivity index (χ3v) is 2.12. The van der Waals surface area contributed by atoms with Gasteiger partial charge in [0.1, 0.15) is 0 Å². The van der Waals surface area contributed by atoms with E-state index in [0.29, 0.717) is 6.04 Å². The molecule has 0 spiro atoms. The van der Waals surface area contributed by atoms with Crippen molar-refractivity contribution >= 4 is 0 Å². The van der Waals surface area contributed by atoms with Gasteiger partial charge in [-0.15, -0.1) is 0 Å². The van der Waals surface area contributed by atoms with E-state index in [4.69, 9.17) is 0 Å². The van der Waals surface area contributed by atoms with Gasteiger partial charge in [0.25, 0.3) is 5.56 Å². The van der Waals surface area contributed by atoms with Crippen LogP contribution in [0.5, 0.6) is 0 Å². The fourth-order valence-electron chi connectivity index (χ4n) is 1.49. The first-order chi connectivity index (χ1) is 5.86. The molecule has 0 bridgehead atoms. The van der Waals surface area contributed by atoms with Crippen LogP contribution < -0.4 is 10.9 Å². The predicted octanol–water partition coefficient (Wildman–Crippen LogP) is 0.194. The minimum Gasteiger partial charge on any atom is -0.309 e. The van der Waals surface area contributed by atoms with Gasteiger partial charge in [0.15, 0.2) is 0 Å². The molecule has 4 nitrogen and oxygen atoms in total. The lowest BCUT2D eigenvalue weighted by Crippen LogP contribution is -2.17. The van der Waals surface area contributed by atoms with Crippen molar-refractivity contribution in [3.63, 3.8) is 0 Å². The summed E-state index contributed by atoms with van der Waals surface area (Å²) < 4.78 is 0. The summed E-state index contributed by atoms with van der Waals surface area (Å²) in [6.07, 6.45) is 2.30. The fourth-order valence-corrected chi connectivity index (χ4v) is 1.49. The van der Waals surface area contributed by atoms with Crippen molar-refractivity contribution in [2.75, 3.05) is 6.54 Å². The van der Waals surface area contributed by atoms with E-state index in [0.717, 1.165) is 18.7 Å². The lowest BCUT2D eigenvalue weighted by atomic mass is 10.1. The van der Waals surface area contributed by atoms with E-state index in [1.807, 2.05) is 0 Å². The smallest absolute Gasteiger partial charge is 0.264 e. The molecule has 1 aromatic rings. The van der Waals surface area contributed by atoms with Crippen LogP contribution in [0.15, 0.2) is 16.9 Å². The maximum Gasteiger partial charge on any atom is 0.264 e. The standard InChI is InChI=1S/C8H11N3O/c12-8-4-3-7(10-11-8)6-2-1-5-9-6/h3-4,6,9H,1-2,5H2,(H,11,12)/t6-/m0/s1. The topological polar surface area (TPSA) is 57.8 Å². The highest BCUT2D eigenvalue weighted by Gasteiger charge is 2.16. The van der Waals surface area contributed by atoms with Crippen LogP contribution in [0.2, 0.25) is 0 Å². The molecule has 0 aromatic carbocycles. The van der Waals surface area contributed by atoms with Gasteiger partial charge >= 0.3 is 0 Å². The second-order valence-electron chi connectivity index (χ2n) is 2.99. The quantitative estimate of drug-likeness (QED) is 0.624. The molecule has 0 aliphatic carbocycles. The van der Waals surface area contributed by atoms with E-state index in [1.165, 1.54) is 12.5 Å². The molecule has 1 aromatic heterocycles. The average molecular weight is 165 g/mol. The Bertz CT molecular complexity index is 294. The molecule has 64 valence electrons. The zero-order valence-corrected chi connectivity index (χ0v) is 6.71. The molecule has 1 aliphatic rings. The Morgan fingerprint density at radius 1 is 1.50 bits per heavy atom. The molecule has 1 saturated heterocycles. The number of rotatable bonds is 1. The fraction of sp³-hybridized carbons (Fsp3) is 0.500. The van der Waals surface area contributed by atoms with E-state index in [9.17, 15) is 4.79 Å². The van der Waals surface area contributed by atoms with Crippen LogP contribution in [-0.2, 0) is 0 Å². The molecule has 1 atom stereocenters. The highest BCUT2D eigenvalue weighted by Crippen LogP contribution is 2.19. The first kappa shape index (κ1) is 7.49. The summed E-state index contributed by atoms with van der Waals surface area (Å²) in [5.41, 5.74) is 0.795. The molecule has 0 saturated carbocycles. The van der Waals surface area contributed by atoms with Gasteiger partial charge in [-0.1, -0.05) is 0 Å². The molecule has 1 aliphatic heterocycles. The van der Waals surface area contributed by atoms with Gasteiger partial charge in [-0.2, -0.15) is 5.10 Å². The van der Waals surface area contributed by atoms with Crippen molar-refractivity contribution in [1.29, 1.82) is 0 Å². The zero-order chi connectivity index (χ0) is 8.39. The number of hydrogen-bond donors (Lipinski definition) is 2. The van der Waals surface area contributed by atoms with Crippen LogP contribution in [0.4, 0.5) is 0 Å². The van der Waals surface area contributed by atoms with Crippen molar-refractivity contribution in [1.82, 2.24) is 15.5 Å². The Balaban J connectivity index is 2.22. The van der Waals surface area contributed by atoms with Crippen LogP contribution in [0.3, 0.4) is 0 Å². The summed E-state index contributed by atoms with van der Waals surface area (Å²) in [7, 11) is 0. The Morgan fingerprint density at radius 3 is 3.00 bits per heavy atom. The van der Waals surface area contributed by atoms with E-state index in [2.05, 4.69) is 15.5 Å². The van der Waals surface area contributed by atoms with Gasteiger partial charge in [-0.3, -0.25) is 4.79 Å². The molecular weight excluding hydrogens is 154 g/mol. The first-order valence-corrected chi connectivity index (χ1v) is 4.15. The zero-order valence-electron chi connectivity index (χ0n) is 6.71. The first-order valence-electron chi connectivity index (χ1n) is 4.15. The maximum absolute atomic E-state index is 10.7. The molecule has 0 unspecified atom stereocenters. The van der Waals surface area contributed by atoms with Crippen LogP contribution in [0.25, 0.3) is 0 Å². The third-order valence-electron chi connectivity index (χ3n) is 2.12. The molecule has 1 fully saturated rings. The van der Waals surface area contributed by atoms with Gasteiger partial charge in [-0.25, -0.2) is 5.10 Å². The van der Waals surface area contributed by atoms with E-state index >= 15 is 0 Å². The van der Waals surface area contributed by atoms with Crippen LogP contribution in [-0.4, -0.2) is 16.7 Å². The molecule has 2 N–H and O–H groups in total. The SMILES string of the molecule is O=c1ccc([C@@H]2CCCN2)n[nH]1. The Kier molecular flexibility index (Phi) is 1.91. The Morgan fingerprint density at radius 2 is 2.42 bits per heavy atom. The summed E-state index contributed by atoms with van der Waals surface area (Å²) in [6, 6.07) is 3.63. The van der Waals surface area contributed by atoms with Crippen molar-refractivity contribution in [2.45, 2.75) is 18.9 Å². The highest BCUT2D eigenvalue weighted by molar-refractivity contribution is 5.06. The Hall–Kier alpha value is -1.16. The minimum absolute atomic E-state index is 0.142. The number of nitrogens with zero attached hydrogens (tertiary/aromatic N) is 1. The molecule has 4 heteroatoms. The van der Waals surface area contributed by atoms with Gasteiger partial charge in [0.05, 0.1) is 11.7 Å². The van der Waals surface area contributed by atoms with Gasteiger partial charge in [-0.05, 0) is 25.5 Å². The predicted molar refractivity (Wildman–Crippen MR) is 44.8 cm³/mol. The summed E-state index contributed by atoms with van der Waals surface area (Å²) in [5, 5.41) is 9.70. The molecule has 0 amide bonds. The van der Waals surface area contributed by atoms with Crippen molar-refractivity contribution in [3.8, 4) is 0 Å². The lowest BCUT2D eigenvalue weighted by Gasteiger charge is -2.06. The maximum atomic E-state index is 10.7. The van der Waals surface area contributed by atoms with Gasteiger partial charge in [0, 0.05) is 6.07 Å². The van der Waals surface area contributed by atoms with Gasteiger partial charge in [0.2, 0.25) is 0 Å². The van der Waals surface area contributed by atoms with Crippen LogP contribution in [0, 0.1) is 0 Å². The monoisotopic (exact) mass is 165 g/mol. The number of H-pyrrole nitrogens is 1. The average Bonchev–Trinajstić information content (AvgIpc) is 2.58. The highest BCUT2D eigenvalue weighted by atomic mass is 16.1. The summed E-state index contributed by atoms with van der Waals surface area (Å²) >= 11 is 0. The largest absolute Gasteiger partial charge is 0.309 e. The normalized spacial score (nSPS) is 22.8. The van der Waals surface area contributed by atoms with Gasteiger partial charge < -0.3 is 5.32 Å². The number of aromatic nitrogens is 2. The molecule has 2 rings (SSSR count). The second-order valence-corrected chi connectivity index (χ2v) is 2.99. The van der Waals surface area contributed by atoms with E-state index < -0.39 is 0 Å². The number of aromatic amines is 1. The minimum atomic E-state index is -0.142. The summed E-state index contributed by atoms with van der Waals surface area (Å²) in [5.74, 6) is 0. The molecular formula is C8H11N3O. The van der Waals surface area contributed by atoms with Crippen molar-refractivity contribution < 1.29 is 0 Å².